The van der Waals surface area contributed by atoms with Crippen molar-refractivity contribution in [3.63, 3.8) is 0 Å². The third kappa shape index (κ3) is 4.39. The summed E-state index contributed by atoms with van der Waals surface area (Å²) in [5.41, 5.74) is 8.43. The van der Waals surface area contributed by atoms with Crippen LogP contribution in [0.1, 0.15) is 25.8 Å². The molecule has 33 heavy (non-hydrogen) atoms. The first kappa shape index (κ1) is 22.3. The number of primary amides is 1. The van der Waals surface area contributed by atoms with Gasteiger partial charge in [0.2, 0.25) is 11.8 Å². The lowest BCUT2D eigenvalue weighted by atomic mass is 9.97. The summed E-state index contributed by atoms with van der Waals surface area (Å²) in [5, 5.41) is 4.57. The molecule has 0 fully saturated rings. The van der Waals surface area contributed by atoms with Crippen molar-refractivity contribution in [2.75, 3.05) is 7.11 Å². The molecule has 0 saturated carbocycles. The second-order valence-corrected chi connectivity index (χ2v) is 8.17. The van der Waals surface area contributed by atoms with Gasteiger partial charge in [-0.1, -0.05) is 38.5 Å². The van der Waals surface area contributed by atoms with Crippen LogP contribution < -0.4 is 15.8 Å². The van der Waals surface area contributed by atoms with E-state index in [4.69, 9.17) is 14.9 Å². The number of amides is 2. The number of ether oxygens (including phenoxy) is 1. The van der Waals surface area contributed by atoms with E-state index in [0.29, 0.717) is 11.3 Å². The van der Waals surface area contributed by atoms with Gasteiger partial charge < -0.3 is 20.2 Å². The Bertz CT molecular complexity index is 1310. The van der Waals surface area contributed by atoms with Crippen molar-refractivity contribution in [3.05, 3.63) is 60.3 Å². The molecule has 2 aromatic carbocycles. The summed E-state index contributed by atoms with van der Waals surface area (Å²) in [4.78, 5) is 29.4. The van der Waals surface area contributed by atoms with Gasteiger partial charge in [0, 0.05) is 28.1 Å². The van der Waals surface area contributed by atoms with Gasteiger partial charge in [-0.2, -0.15) is 0 Å². The Morgan fingerprint density at radius 3 is 2.58 bits per heavy atom. The van der Waals surface area contributed by atoms with Gasteiger partial charge in [0.05, 0.1) is 13.5 Å². The first-order valence-electron chi connectivity index (χ1n) is 10.9. The minimum absolute atomic E-state index is 0.0346. The smallest absolute Gasteiger partial charge is 0.240 e. The van der Waals surface area contributed by atoms with Crippen LogP contribution in [-0.2, 0) is 16.0 Å². The number of fused-ring (bicyclic) bond motifs is 3. The molecule has 4 rings (SSSR count). The Morgan fingerprint density at radius 1 is 1.15 bits per heavy atom. The topological polar surface area (TPSA) is 107 Å². The van der Waals surface area contributed by atoms with Crippen LogP contribution in [0.15, 0.2) is 59.1 Å². The van der Waals surface area contributed by atoms with E-state index >= 15 is 0 Å². The van der Waals surface area contributed by atoms with E-state index in [0.717, 1.165) is 39.6 Å². The Labute approximate surface area is 191 Å². The van der Waals surface area contributed by atoms with Crippen LogP contribution in [0, 0.1) is 5.92 Å². The Kier molecular flexibility index (Phi) is 6.31. The minimum atomic E-state index is -0.729. The van der Waals surface area contributed by atoms with Crippen LogP contribution in [0.5, 0.6) is 5.75 Å². The lowest BCUT2D eigenvalue weighted by molar-refractivity contribution is -0.128. The molecule has 0 aliphatic heterocycles. The monoisotopic (exact) mass is 445 g/mol. The van der Waals surface area contributed by atoms with Crippen molar-refractivity contribution >= 4 is 33.7 Å². The van der Waals surface area contributed by atoms with E-state index < -0.39 is 11.9 Å². The zero-order valence-electron chi connectivity index (χ0n) is 18.9. The highest BCUT2D eigenvalue weighted by Crippen LogP contribution is 2.37. The quantitative estimate of drug-likeness (QED) is 0.422. The zero-order chi connectivity index (χ0) is 23.5. The molecule has 0 aliphatic rings. The van der Waals surface area contributed by atoms with Crippen LogP contribution in [-0.4, -0.2) is 29.9 Å². The SMILES string of the molecule is CCC(C)C(NC(=O)Cc1c(-c2ccc(OC)cc2)oc2c1ccc1cccnc12)C(N)=O. The maximum atomic E-state index is 13.0. The largest absolute Gasteiger partial charge is 0.497 e. The Hall–Kier alpha value is -3.87. The summed E-state index contributed by atoms with van der Waals surface area (Å²) < 4.78 is 11.6. The lowest BCUT2D eigenvalue weighted by Gasteiger charge is -2.21. The Morgan fingerprint density at radius 2 is 1.91 bits per heavy atom. The van der Waals surface area contributed by atoms with E-state index in [9.17, 15) is 9.59 Å². The van der Waals surface area contributed by atoms with Gasteiger partial charge in [-0.25, -0.2) is 0 Å². The number of hydrogen-bond donors (Lipinski definition) is 2. The highest BCUT2D eigenvalue weighted by atomic mass is 16.5. The molecule has 4 aromatic rings. The third-order valence-electron chi connectivity index (χ3n) is 6.06. The molecule has 2 heterocycles. The maximum Gasteiger partial charge on any atom is 0.240 e. The predicted molar refractivity (Wildman–Crippen MR) is 128 cm³/mol. The molecule has 0 saturated heterocycles. The molecule has 7 heteroatoms. The van der Waals surface area contributed by atoms with Gasteiger partial charge in [-0.3, -0.25) is 14.6 Å². The molecule has 0 aliphatic carbocycles. The van der Waals surface area contributed by atoms with E-state index in [-0.39, 0.29) is 18.2 Å². The van der Waals surface area contributed by atoms with Crippen molar-refractivity contribution in [2.24, 2.45) is 11.7 Å². The van der Waals surface area contributed by atoms with Crippen LogP contribution in [0.2, 0.25) is 0 Å². The van der Waals surface area contributed by atoms with E-state index in [1.807, 2.05) is 62.4 Å². The number of carbonyl (C=O) groups excluding carboxylic acids is 2. The summed E-state index contributed by atoms with van der Waals surface area (Å²) >= 11 is 0. The predicted octanol–water partition coefficient (Wildman–Crippen LogP) is 4.22. The average Bonchev–Trinajstić information content (AvgIpc) is 3.20. The molecular weight excluding hydrogens is 418 g/mol. The number of nitrogens with zero attached hydrogens (tertiary/aromatic N) is 1. The molecule has 3 N–H and O–H groups in total. The molecule has 2 amide bonds. The number of carbonyl (C=O) groups is 2. The van der Waals surface area contributed by atoms with Crippen molar-refractivity contribution in [2.45, 2.75) is 32.7 Å². The molecule has 0 spiro atoms. The number of rotatable bonds is 8. The van der Waals surface area contributed by atoms with Crippen molar-refractivity contribution in [1.82, 2.24) is 10.3 Å². The number of aromatic nitrogens is 1. The first-order chi connectivity index (χ1) is 15.9. The number of hydrogen-bond acceptors (Lipinski definition) is 5. The summed E-state index contributed by atoms with van der Waals surface area (Å²) in [6.45, 7) is 3.85. The highest BCUT2D eigenvalue weighted by molar-refractivity contribution is 6.06. The molecule has 2 atom stereocenters. The number of benzene rings is 2. The van der Waals surface area contributed by atoms with E-state index in [1.54, 1.807) is 13.3 Å². The number of pyridine rings is 1. The fourth-order valence-electron chi connectivity index (χ4n) is 4.01. The summed E-state index contributed by atoms with van der Waals surface area (Å²) in [6, 6.07) is 14.5. The summed E-state index contributed by atoms with van der Waals surface area (Å²) in [6.07, 6.45) is 2.47. The average molecular weight is 446 g/mol. The molecule has 7 nitrogen and oxygen atoms in total. The first-order valence-corrected chi connectivity index (χ1v) is 10.9. The van der Waals surface area contributed by atoms with Gasteiger partial charge in [-0.05, 0) is 36.2 Å². The lowest BCUT2D eigenvalue weighted by Crippen LogP contribution is -2.48. The second kappa shape index (κ2) is 9.32. The van der Waals surface area contributed by atoms with Crippen LogP contribution in [0.25, 0.3) is 33.2 Å². The highest BCUT2D eigenvalue weighted by Gasteiger charge is 2.26. The van der Waals surface area contributed by atoms with Gasteiger partial charge >= 0.3 is 0 Å². The minimum Gasteiger partial charge on any atom is -0.497 e. The van der Waals surface area contributed by atoms with Gasteiger partial charge in [0.1, 0.15) is 23.1 Å². The number of methoxy groups -OCH3 is 1. The fraction of sp³-hybridized carbons (Fsp3) is 0.269. The van der Waals surface area contributed by atoms with Crippen molar-refractivity contribution in [3.8, 4) is 17.1 Å². The maximum absolute atomic E-state index is 13.0. The van der Waals surface area contributed by atoms with Crippen LogP contribution in [0.3, 0.4) is 0 Å². The molecule has 0 radical (unpaired) electrons. The van der Waals surface area contributed by atoms with Crippen molar-refractivity contribution in [1.29, 1.82) is 0 Å². The number of nitrogens with one attached hydrogen (secondary N) is 1. The molecule has 2 aromatic heterocycles. The van der Waals surface area contributed by atoms with E-state index in [2.05, 4.69) is 10.3 Å². The standard InChI is InChI=1S/C26H27N3O4/c1-4-15(2)22(26(27)31)29-21(30)14-20-19-12-9-16-6-5-13-28-23(16)25(19)33-24(20)17-7-10-18(32-3)11-8-17/h5-13,15,22H,4,14H2,1-3H3,(H2,27,31)(H,29,30). The van der Waals surface area contributed by atoms with Gasteiger partial charge in [0.25, 0.3) is 0 Å². The third-order valence-corrected chi connectivity index (χ3v) is 6.06. The fourth-order valence-corrected chi connectivity index (χ4v) is 4.01. The second-order valence-electron chi connectivity index (χ2n) is 8.17. The normalized spacial score (nSPS) is 13.1. The van der Waals surface area contributed by atoms with Gasteiger partial charge in [-0.15, -0.1) is 0 Å². The number of furan rings is 1. The summed E-state index contributed by atoms with van der Waals surface area (Å²) in [7, 11) is 1.61. The summed E-state index contributed by atoms with van der Waals surface area (Å²) in [5.74, 6) is 0.402. The zero-order valence-corrected chi connectivity index (χ0v) is 18.9. The van der Waals surface area contributed by atoms with Gasteiger partial charge in [0.15, 0.2) is 5.58 Å². The Balaban J connectivity index is 1.80. The van der Waals surface area contributed by atoms with Crippen LogP contribution >= 0.6 is 0 Å². The van der Waals surface area contributed by atoms with Crippen molar-refractivity contribution < 1.29 is 18.7 Å². The number of nitrogens with two attached hydrogens (primary N) is 1. The molecule has 2 unspecified atom stereocenters. The van der Waals surface area contributed by atoms with E-state index in [1.165, 1.54) is 0 Å². The molecule has 170 valence electrons. The molecule has 0 bridgehead atoms. The molecular formula is C26H27N3O4. The van der Waals surface area contributed by atoms with Crippen LogP contribution in [0.4, 0.5) is 0 Å².